The fourth-order valence-corrected chi connectivity index (χ4v) is 1.86. The van der Waals surface area contributed by atoms with Crippen LogP contribution in [0, 0.1) is 0 Å². The van der Waals surface area contributed by atoms with Crippen molar-refractivity contribution in [3.05, 3.63) is 17.8 Å². The molecule has 5 nitrogen and oxygen atoms in total. The average Bonchev–Trinajstić information content (AvgIpc) is 2.24. The number of nitrogens with one attached hydrogen (secondary N) is 1. The summed E-state index contributed by atoms with van der Waals surface area (Å²) in [4.78, 5) is 0.288. The van der Waals surface area contributed by atoms with Gasteiger partial charge in [-0.3, -0.25) is 4.21 Å². The van der Waals surface area contributed by atoms with Crippen molar-refractivity contribution >= 4 is 33.8 Å². The molecule has 3 N–H and O–H groups in total. The van der Waals surface area contributed by atoms with E-state index in [2.05, 4.69) is 15.5 Å². The number of thiocarbonyl (C=S) groups is 1. The van der Waals surface area contributed by atoms with Gasteiger partial charge in [0.15, 0.2) is 5.82 Å². The van der Waals surface area contributed by atoms with Crippen LogP contribution in [0.3, 0.4) is 0 Å². The minimum atomic E-state index is -0.764. The van der Waals surface area contributed by atoms with Crippen LogP contribution < -0.4 is 11.1 Å². The van der Waals surface area contributed by atoms with Crippen molar-refractivity contribution in [1.82, 2.24) is 10.2 Å². The lowest BCUT2D eigenvalue weighted by atomic mass is 10.3. The van der Waals surface area contributed by atoms with Gasteiger partial charge in [-0.1, -0.05) is 12.2 Å². The molecule has 1 rings (SSSR count). The van der Waals surface area contributed by atoms with Crippen molar-refractivity contribution < 1.29 is 4.21 Å². The number of anilines is 1. The maximum atomic E-state index is 10.8. The van der Waals surface area contributed by atoms with E-state index in [9.17, 15) is 4.21 Å². The first-order chi connectivity index (χ1) is 7.61. The third-order valence-electron chi connectivity index (χ3n) is 1.89. The zero-order valence-corrected chi connectivity index (χ0v) is 10.6. The molecule has 1 aromatic heterocycles. The Hall–Kier alpha value is -1.08. The maximum absolute atomic E-state index is 10.8. The van der Waals surface area contributed by atoms with Crippen LogP contribution in [-0.2, 0) is 10.8 Å². The molecule has 1 unspecified atom stereocenters. The van der Waals surface area contributed by atoms with Crippen molar-refractivity contribution in [2.45, 2.75) is 6.42 Å². The van der Waals surface area contributed by atoms with Gasteiger partial charge in [0.25, 0.3) is 0 Å². The molecule has 0 amide bonds. The molecular weight excluding hydrogens is 244 g/mol. The molecule has 1 aromatic rings. The second-order valence-electron chi connectivity index (χ2n) is 3.22. The minimum Gasteiger partial charge on any atom is -0.389 e. The van der Waals surface area contributed by atoms with Gasteiger partial charge in [0, 0.05) is 29.4 Å². The molecule has 0 aliphatic heterocycles. The summed E-state index contributed by atoms with van der Waals surface area (Å²) in [5, 5.41) is 10.7. The van der Waals surface area contributed by atoms with Gasteiger partial charge >= 0.3 is 0 Å². The van der Waals surface area contributed by atoms with Gasteiger partial charge in [0.2, 0.25) is 0 Å². The highest BCUT2D eigenvalue weighted by Crippen LogP contribution is 2.09. The number of rotatable bonds is 6. The van der Waals surface area contributed by atoms with E-state index in [1.54, 1.807) is 18.5 Å². The Morgan fingerprint density at radius 2 is 2.44 bits per heavy atom. The highest BCUT2D eigenvalue weighted by molar-refractivity contribution is 7.84. The second-order valence-corrected chi connectivity index (χ2v) is 5.21. The largest absolute Gasteiger partial charge is 0.389 e. The molecule has 0 radical (unpaired) electrons. The van der Waals surface area contributed by atoms with E-state index < -0.39 is 10.8 Å². The smallest absolute Gasteiger partial charge is 0.158 e. The molecular formula is C9H14N4OS2. The van der Waals surface area contributed by atoms with Gasteiger partial charge < -0.3 is 11.1 Å². The summed E-state index contributed by atoms with van der Waals surface area (Å²) in [7, 11) is -0.764. The fourth-order valence-electron chi connectivity index (χ4n) is 1.14. The predicted octanol–water partition coefficient (Wildman–Crippen LogP) is 0.291. The van der Waals surface area contributed by atoms with Crippen molar-refractivity contribution in [3.8, 4) is 0 Å². The third-order valence-corrected chi connectivity index (χ3v) is 2.97. The zero-order chi connectivity index (χ0) is 12.0. The molecule has 0 saturated carbocycles. The molecule has 0 spiro atoms. The van der Waals surface area contributed by atoms with Crippen molar-refractivity contribution in [2.24, 2.45) is 5.73 Å². The van der Waals surface area contributed by atoms with E-state index >= 15 is 0 Å². The number of nitrogens with two attached hydrogens (primary N) is 1. The predicted molar refractivity (Wildman–Crippen MR) is 70.0 cm³/mol. The second kappa shape index (κ2) is 6.49. The van der Waals surface area contributed by atoms with E-state index in [4.69, 9.17) is 18.0 Å². The van der Waals surface area contributed by atoms with Crippen LogP contribution in [0.15, 0.2) is 12.3 Å². The maximum Gasteiger partial charge on any atom is 0.158 e. The fraction of sp³-hybridized carbons (Fsp3) is 0.444. The lowest BCUT2D eigenvalue weighted by Gasteiger charge is -2.07. The van der Waals surface area contributed by atoms with Gasteiger partial charge in [0.1, 0.15) is 4.99 Å². The quantitative estimate of drug-likeness (QED) is 0.564. The van der Waals surface area contributed by atoms with Crippen LogP contribution in [0.25, 0.3) is 0 Å². The van der Waals surface area contributed by atoms with E-state index in [1.807, 2.05) is 0 Å². The summed E-state index contributed by atoms with van der Waals surface area (Å²) in [5.41, 5.74) is 6.23. The van der Waals surface area contributed by atoms with Crippen LogP contribution in [0.1, 0.15) is 12.0 Å². The Kier molecular flexibility index (Phi) is 5.27. The van der Waals surface area contributed by atoms with Gasteiger partial charge in [0.05, 0.1) is 11.8 Å². The topological polar surface area (TPSA) is 80.9 Å². The van der Waals surface area contributed by atoms with Gasteiger partial charge in [-0.05, 0) is 12.5 Å². The van der Waals surface area contributed by atoms with Gasteiger partial charge in [-0.15, -0.1) is 5.10 Å². The summed E-state index contributed by atoms with van der Waals surface area (Å²) in [5.74, 6) is 1.24. The number of aromatic nitrogens is 2. The van der Waals surface area contributed by atoms with Gasteiger partial charge in [-0.25, -0.2) is 0 Å². The lowest BCUT2D eigenvalue weighted by Crippen LogP contribution is -2.16. The molecule has 0 saturated heterocycles. The molecule has 0 bridgehead atoms. The SMILES string of the molecule is CS(=O)CCCNc1nnccc1C(N)=S. The van der Waals surface area contributed by atoms with Crippen LogP contribution in [-0.4, -0.2) is 37.9 Å². The normalized spacial score (nSPS) is 12.1. The standard InChI is InChI=1S/C9H14N4OS2/c1-16(14)6-2-4-11-9-7(8(10)15)3-5-12-13-9/h3,5H,2,4,6H2,1H3,(H2,10,15)(H,11,13). The first-order valence-electron chi connectivity index (χ1n) is 4.76. The summed E-state index contributed by atoms with van der Waals surface area (Å²) in [6, 6.07) is 1.72. The number of hydrogen-bond donors (Lipinski definition) is 2. The van der Waals surface area contributed by atoms with E-state index in [-0.39, 0.29) is 4.99 Å². The van der Waals surface area contributed by atoms with Crippen LogP contribution in [0.4, 0.5) is 5.82 Å². The van der Waals surface area contributed by atoms with E-state index in [1.165, 1.54) is 0 Å². The lowest BCUT2D eigenvalue weighted by molar-refractivity contribution is 0.685. The van der Waals surface area contributed by atoms with Crippen molar-refractivity contribution in [3.63, 3.8) is 0 Å². The molecule has 0 aliphatic carbocycles. The Morgan fingerprint density at radius 1 is 1.69 bits per heavy atom. The van der Waals surface area contributed by atoms with Crippen LogP contribution in [0.2, 0.25) is 0 Å². The molecule has 1 atom stereocenters. The average molecular weight is 258 g/mol. The van der Waals surface area contributed by atoms with E-state index in [0.717, 1.165) is 6.42 Å². The Labute approximate surface area is 102 Å². The third kappa shape index (κ3) is 4.19. The first kappa shape index (κ1) is 13.0. The molecule has 1 heterocycles. The van der Waals surface area contributed by atoms with E-state index in [0.29, 0.717) is 23.7 Å². The molecule has 0 aromatic carbocycles. The Balaban J connectivity index is 2.53. The Bertz CT molecular complexity index is 397. The number of hydrogen-bond acceptors (Lipinski definition) is 5. The van der Waals surface area contributed by atoms with Crippen molar-refractivity contribution in [1.29, 1.82) is 0 Å². The zero-order valence-electron chi connectivity index (χ0n) is 8.97. The first-order valence-corrected chi connectivity index (χ1v) is 6.90. The molecule has 88 valence electrons. The van der Waals surface area contributed by atoms with Crippen LogP contribution in [0.5, 0.6) is 0 Å². The van der Waals surface area contributed by atoms with Crippen molar-refractivity contribution in [2.75, 3.05) is 23.9 Å². The van der Waals surface area contributed by atoms with Gasteiger partial charge in [-0.2, -0.15) is 5.10 Å². The monoisotopic (exact) mass is 258 g/mol. The summed E-state index contributed by atoms with van der Waals surface area (Å²) in [6.07, 6.45) is 4.03. The minimum absolute atomic E-state index is 0.288. The highest BCUT2D eigenvalue weighted by Gasteiger charge is 2.05. The molecule has 0 fully saturated rings. The summed E-state index contributed by atoms with van der Waals surface area (Å²) in [6.45, 7) is 0.674. The van der Waals surface area contributed by atoms with Crippen LogP contribution >= 0.6 is 12.2 Å². The molecule has 7 heteroatoms. The number of nitrogens with zero attached hydrogens (tertiary/aromatic N) is 2. The Morgan fingerprint density at radius 3 is 3.06 bits per heavy atom. The summed E-state index contributed by atoms with van der Waals surface area (Å²) >= 11 is 4.89. The molecule has 0 aliphatic rings. The summed E-state index contributed by atoms with van der Waals surface area (Å²) < 4.78 is 10.8. The highest BCUT2D eigenvalue weighted by atomic mass is 32.2. The molecule has 16 heavy (non-hydrogen) atoms.